The van der Waals surface area contributed by atoms with Gasteiger partial charge in [0.2, 0.25) is 0 Å². The van der Waals surface area contributed by atoms with Crippen molar-refractivity contribution < 1.29 is 19.1 Å². The second-order valence-corrected chi connectivity index (χ2v) is 6.20. The van der Waals surface area contributed by atoms with Gasteiger partial charge in [0.15, 0.2) is 0 Å². The van der Waals surface area contributed by atoms with Crippen molar-refractivity contribution in [3.05, 3.63) is 52.9 Å². The molecule has 0 aliphatic carbocycles. The number of nitrogens with zero attached hydrogens (tertiary/aromatic N) is 1. The van der Waals surface area contributed by atoms with Crippen LogP contribution in [0, 0.1) is 0 Å². The molecule has 6 heteroatoms. The highest BCUT2D eigenvalue weighted by Crippen LogP contribution is 2.40. The number of ether oxygens (including phenoxy) is 1. The Labute approximate surface area is 145 Å². The molecule has 3 rings (SSSR count). The maximum atomic E-state index is 11.7. The molecule has 1 aliphatic heterocycles. The normalized spacial score (nSPS) is 19.3. The van der Waals surface area contributed by atoms with Crippen molar-refractivity contribution in [1.29, 1.82) is 0 Å². The quantitative estimate of drug-likeness (QED) is 0.854. The predicted molar refractivity (Wildman–Crippen MR) is 90.5 cm³/mol. The summed E-state index contributed by atoms with van der Waals surface area (Å²) < 4.78 is 11.4. The highest BCUT2D eigenvalue weighted by atomic mass is 35.5. The van der Waals surface area contributed by atoms with Gasteiger partial charge in [-0.3, -0.25) is 9.69 Å². The van der Waals surface area contributed by atoms with E-state index in [1.807, 2.05) is 30.0 Å². The van der Waals surface area contributed by atoms with Crippen LogP contribution in [0.4, 0.5) is 0 Å². The van der Waals surface area contributed by atoms with Crippen LogP contribution in [0.25, 0.3) is 0 Å². The number of carboxylic acids is 1. The fourth-order valence-corrected chi connectivity index (χ4v) is 3.51. The average molecular weight is 350 g/mol. The summed E-state index contributed by atoms with van der Waals surface area (Å²) in [7, 11) is 0. The van der Waals surface area contributed by atoms with Crippen molar-refractivity contribution in [3.63, 3.8) is 0 Å². The van der Waals surface area contributed by atoms with E-state index < -0.39 is 12.0 Å². The number of likely N-dealkylation sites (tertiary alicyclic amines) is 1. The SMILES string of the molecule is CCOc1ccc(Cl)cc1C(c1ccco1)N1CCCC1C(=O)O. The average Bonchev–Trinajstić information content (AvgIpc) is 3.22. The first-order chi connectivity index (χ1) is 11.6. The Morgan fingerprint density at radius 2 is 2.33 bits per heavy atom. The second-order valence-electron chi connectivity index (χ2n) is 5.77. The van der Waals surface area contributed by atoms with Crippen LogP contribution in [0.1, 0.15) is 37.1 Å². The Balaban J connectivity index is 2.10. The summed E-state index contributed by atoms with van der Waals surface area (Å²) in [4.78, 5) is 13.6. The third-order valence-electron chi connectivity index (χ3n) is 4.29. The summed E-state index contributed by atoms with van der Waals surface area (Å²) in [6.45, 7) is 3.11. The van der Waals surface area contributed by atoms with E-state index >= 15 is 0 Å². The molecule has 1 aromatic carbocycles. The molecule has 5 nitrogen and oxygen atoms in total. The Morgan fingerprint density at radius 3 is 3.00 bits per heavy atom. The van der Waals surface area contributed by atoms with Crippen LogP contribution in [0.2, 0.25) is 5.02 Å². The fraction of sp³-hybridized carbons (Fsp3) is 0.389. The van der Waals surface area contributed by atoms with Gasteiger partial charge in [0.05, 0.1) is 18.9 Å². The Morgan fingerprint density at radius 1 is 1.50 bits per heavy atom. The van der Waals surface area contributed by atoms with Crippen molar-refractivity contribution in [1.82, 2.24) is 4.90 Å². The molecule has 0 saturated carbocycles. The van der Waals surface area contributed by atoms with E-state index in [1.165, 1.54) is 0 Å². The van der Waals surface area contributed by atoms with Crippen LogP contribution in [-0.4, -0.2) is 35.2 Å². The van der Waals surface area contributed by atoms with E-state index in [2.05, 4.69) is 0 Å². The molecular formula is C18H20ClNO4. The topological polar surface area (TPSA) is 62.9 Å². The lowest BCUT2D eigenvalue weighted by molar-refractivity contribution is -0.142. The first kappa shape index (κ1) is 16.9. The van der Waals surface area contributed by atoms with E-state index in [0.29, 0.717) is 36.1 Å². The molecular weight excluding hydrogens is 330 g/mol. The van der Waals surface area contributed by atoms with E-state index in [4.69, 9.17) is 20.8 Å². The van der Waals surface area contributed by atoms with E-state index in [-0.39, 0.29) is 6.04 Å². The molecule has 1 aromatic heterocycles. The molecule has 1 saturated heterocycles. The Hall–Kier alpha value is -1.98. The molecule has 1 N–H and O–H groups in total. The van der Waals surface area contributed by atoms with Gasteiger partial charge >= 0.3 is 5.97 Å². The van der Waals surface area contributed by atoms with Crippen LogP contribution in [-0.2, 0) is 4.79 Å². The maximum absolute atomic E-state index is 11.7. The first-order valence-electron chi connectivity index (χ1n) is 8.06. The van der Waals surface area contributed by atoms with Crippen LogP contribution in [0.3, 0.4) is 0 Å². The van der Waals surface area contributed by atoms with Gasteiger partial charge in [-0.25, -0.2) is 0 Å². The number of aliphatic carboxylic acids is 1. The summed E-state index contributed by atoms with van der Waals surface area (Å²) in [6.07, 6.45) is 3.05. The zero-order valence-corrected chi connectivity index (χ0v) is 14.2. The molecule has 2 heterocycles. The van der Waals surface area contributed by atoms with Crippen LogP contribution >= 0.6 is 11.6 Å². The summed E-state index contributed by atoms with van der Waals surface area (Å²) in [5, 5.41) is 10.2. The number of hydrogen-bond acceptors (Lipinski definition) is 4. The maximum Gasteiger partial charge on any atom is 0.320 e. The number of furan rings is 1. The largest absolute Gasteiger partial charge is 0.494 e. The van der Waals surface area contributed by atoms with E-state index in [1.54, 1.807) is 18.4 Å². The lowest BCUT2D eigenvalue weighted by atomic mass is 10.0. The van der Waals surface area contributed by atoms with Crippen molar-refractivity contribution in [2.24, 2.45) is 0 Å². The van der Waals surface area contributed by atoms with Crippen molar-refractivity contribution >= 4 is 17.6 Å². The zero-order chi connectivity index (χ0) is 17.1. The highest BCUT2D eigenvalue weighted by molar-refractivity contribution is 6.30. The molecule has 2 unspecified atom stereocenters. The Kier molecular flexibility index (Phi) is 5.11. The number of rotatable bonds is 6. The van der Waals surface area contributed by atoms with Crippen molar-refractivity contribution in [2.45, 2.75) is 31.8 Å². The molecule has 0 radical (unpaired) electrons. The molecule has 0 spiro atoms. The zero-order valence-electron chi connectivity index (χ0n) is 13.4. The molecule has 128 valence electrons. The van der Waals surface area contributed by atoms with Crippen LogP contribution < -0.4 is 4.74 Å². The first-order valence-corrected chi connectivity index (χ1v) is 8.43. The third kappa shape index (κ3) is 3.28. The third-order valence-corrected chi connectivity index (χ3v) is 4.52. The molecule has 1 fully saturated rings. The lowest BCUT2D eigenvalue weighted by Crippen LogP contribution is -2.39. The molecule has 0 amide bonds. The summed E-state index contributed by atoms with van der Waals surface area (Å²) in [5.41, 5.74) is 0.826. The molecule has 0 bridgehead atoms. The van der Waals surface area contributed by atoms with Gasteiger partial charge in [-0.05, 0) is 50.1 Å². The molecule has 2 atom stereocenters. The standard InChI is InChI=1S/C18H20ClNO4/c1-2-23-15-8-7-12(19)11-13(15)17(16-6-4-10-24-16)20-9-3-5-14(20)18(21)22/h4,6-8,10-11,14,17H,2-3,5,9H2,1H3,(H,21,22). The van der Waals surface area contributed by atoms with Gasteiger partial charge < -0.3 is 14.3 Å². The summed E-state index contributed by atoms with van der Waals surface area (Å²) in [6, 6.07) is 8.20. The van der Waals surface area contributed by atoms with Gasteiger partial charge in [-0.1, -0.05) is 11.6 Å². The van der Waals surface area contributed by atoms with Crippen molar-refractivity contribution in [2.75, 3.05) is 13.2 Å². The fourth-order valence-electron chi connectivity index (χ4n) is 3.33. The van der Waals surface area contributed by atoms with Gasteiger partial charge in [0, 0.05) is 17.1 Å². The number of hydrogen-bond donors (Lipinski definition) is 1. The highest BCUT2D eigenvalue weighted by Gasteiger charge is 2.39. The van der Waals surface area contributed by atoms with Gasteiger partial charge in [-0.2, -0.15) is 0 Å². The molecule has 24 heavy (non-hydrogen) atoms. The van der Waals surface area contributed by atoms with Gasteiger partial charge in [0.25, 0.3) is 0 Å². The van der Waals surface area contributed by atoms with E-state index in [9.17, 15) is 9.90 Å². The minimum absolute atomic E-state index is 0.344. The molecule has 2 aromatic rings. The number of benzene rings is 1. The minimum atomic E-state index is -0.816. The second kappa shape index (κ2) is 7.28. The predicted octanol–water partition coefficient (Wildman–Crippen LogP) is 3.97. The van der Waals surface area contributed by atoms with Gasteiger partial charge in [-0.15, -0.1) is 0 Å². The summed E-state index contributed by atoms with van der Waals surface area (Å²) >= 11 is 6.21. The van der Waals surface area contributed by atoms with Gasteiger partial charge in [0.1, 0.15) is 17.6 Å². The number of halogens is 1. The van der Waals surface area contributed by atoms with E-state index in [0.717, 1.165) is 12.0 Å². The number of carbonyl (C=O) groups is 1. The van der Waals surface area contributed by atoms with Crippen molar-refractivity contribution in [3.8, 4) is 5.75 Å². The van der Waals surface area contributed by atoms with Crippen LogP contribution in [0.15, 0.2) is 41.0 Å². The monoisotopic (exact) mass is 349 g/mol. The Bertz CT molecular complexity index is 701. The van der Waals surface area contributed by atoms with Crippen LogP contribution in [0.5, 0.6) is 5.75 Å². The number of carboxylic acid groups (broad SMARTS) is 1. The summed E-state index contributed by atoms with van der Waals surface area (Å²) in [5.74, 6) is 0.565. The lowest BCUT2D eigenvalue weighted by Gasteiger charge is -2.31. The molecule has 1 aliphatic rings. The minimum Gasteiger partial charge on any atom is -0.494 e. The smallest absolute Gasteiger partial charge is 0.320 e.